The number of benzene rings is 1. The summed E-state index contributed by atoms with van der Waals surface area (Å²) in [6, 6.07) is 4.78. The standard InChI is InChI=1S/C31H42FIN4O11.C28H46N2O9S/c1-6-21(16-38)48-27(44-5)17-46-26(40)9-7-8-25(39)34-19(3)31(43)45-12-13-47-36-29(41)22-14-18(2)30(42)37(4)28(22)35-24-11-10-20(33)15-23(24)32;1-4-21(17-31)39-27(37-3)18-38-26(35)8-6-7-24(33)29-13-14-40-23-15-25(34)30(28(23)36)16-19-9-11-20(12-10-19)22(32)5-2/h10-11,14-15,19,21,27,35,38H,6-9,12-13,16-17H2,1-5H3,(H,34,39)(H,36,41);19-21,23,27,31H,4-18H2,1-3H3,(H,29,33)/t19-,21?,27?;/m0./s1. The van der Waals surface area contributed by atoms with E-state index in [2.05, 4.69) is 21.4 Å². The Morgan fingerprint density at radius 2 is 1.40 bits per heavy atom. The molecular formula is C59H88FIN6O20S. The Hall–Kier alpha value is -5.67. The van der Waals surface area contributed by atoms with E-state index >= 15 is 0 Å². The van der Waals surface area contributed by atoms with Crippen LogP contribution in [0.1, 0.15) is 134 Å². The number of anilines is 2. The first-order chi connectivity index (χ1) is 42.0. The third-order valence-electron chi connectivity index (χ3n) is 14.2. The monoisotopic (exact) mass is 1380 g/mol. The minimum atomic E-state index is -0.999. The van der Waals surface area contributed by atoms with Gasteiger partial charge in [-0.3, -0.25) is 57.5 Å². The molecule has 1 aromatic heterocycles. The molecule has 88 heavy (non-hydrogen) atoms. The number of thioether (sulfide) groups is 1. The molecule has 29 heteroatoms. The summed E-state index contributed by atoms with van der Waals surface area (Å²) < 4.78 is 52.8. The number of hydroxylamine groups is 1. The van der Waals surface area contributed by atoms with E-state index in [-0.39, 0.29) is 136 Å². The molecule has 4 rings (SSSR count). The fourth-order valence-corrected chi connectivity index (χ4v) is 10.5. The molecule has 5 unspecified atom stereocenters. The summed E-state index contributed by atoms with van der Waals surface area (Å²) in [5, 5.41) is 26.0. The van der Waals surface area contributed by atoms with Crippen LogP contribution in [-0.4, -0.2) is 182 Å². The molecule has 26 nitrogen and oxygen atoms in total. The zero-order valence-corrected chi connectivity index (χ0v) is 54.5. The highest BCUT2D eigenvalue weighted by atomic mass is 127. The summed E-state index contributed by atoms with van der Waals surface area (Å²) in [4.78, 5) is 130. The lowest BCUT2D eigenvalue weighted by Gasteiger charge is -2.30. The normalized spacial score (nSPS) is 17.3. The number of Topliss-reactive ketones (excluding diaryl/α,β-unsaturated/α-hetero) is 1. The lowest BCUT2D eigenvalue weighted by Crippen LogP contribution is -2.40. The zero-order valence-electron chi connectivity index (χ0n) is 51.5. The molecule has 2 aliphatic rings. The summed E-state index contributed by atoms with van der Waals surface area (Å²) in [5.74, 6) is -2.87. The van der Waals surface area contributed by atoms with Gasteiger partial charge in [-0.2, -0.15) is 0 Å². The number of methoxy groups -OCH3 is 2. The van der Waals surface area contributed by atoms with Crippen LogP contribution in [0, 0.1) is 28.1 Å². The van der Waals surface area contributed by atoms with E-state index < -0.39 is 71.6 Å². The predicted molar refractivity (Wildman–Crippen MR) is 328 cm³/mol. The van der Waals surface area contributed by atoms with Crippen LogP contribution < -0.4 is 27.0 Å². The number of ether oxygens (including phenoxy) is 7. The fourth-order valence-electron chi connectivity index (χ4n) is 9.00. The molecule has 6 N–H and O–H groups in total. The van der Waals surface area contributed by atoms with E-state index in [1.165, 1.54) is 74.5 Å². The van der Waals surface area contributed by atoms with Gasteiger partial charge in [0, 0.05) is 93.7 Å². The lowest BCUT2D eigenvalue weighted by atomic mass is 9.79. The number of aliphatic hydroxyl groups is 2. The van der Waals surface area contributed by atoms with Crippen LogP contribution in [0.5, 0.6) is 0 Å². The molecule has 1 saturated carbocycles. The van der Waals surface area contributed by atoms with Crippen molar-refractivity contribution in [1.82, 2.24) is 25.6 Å². The largest absolute Gasteiger partial charge is 0.462 e. The number of carbonyl (C=O) groups excluding carboxylic acids is 9. The third-order valence-corrected chi connectivity index (χ3v) is 16.1. The highest BCUT2D eigenvalue weighted by Crippen LogP contribution is 2.33. The predicted octanol–water partition coefficient (Wildman–Crippen LogP) is 4.59. The van der Waals surface area contributed by atoms with Crippen LogP contribution in [0.15, 0.2) is 29.1 Å². The Morgan fingerprint density at radius 3 is 1.94 bits per heavy atom. The number of aromatic nitrogens is 1. The van der Waals surface area contributed by atoms with Crippen molar-refractivity contribution < 1.29 is 95.7 Å². The maximum absolute atomic E-state index is 14.5. The first kappa shape index (κ1) is 76.6. The number of ketones is 1. The molecule has 0 bridgehead atoms. The van der Waals surface area contributed by atoms with Gasteiger partial charge < -0.3 is 59.3 Å². The summed E-state index contributed by atoms with van der Waals surface area (Å²) in [5.41, 5.74) is 2.15. The molecule has 0 spiro atoms. The van der Waals surface area contributed by atoms with Crippen molar-refractivity contribution >= 4 is 99.1 Å². The van der Waals surface area contributed by atoms with Gasteiger partial charge in [0.2, 0.25) is 23.6 Å². The molecule has 2 aromatic rings. The smallest absolute Gasteiger partial charge is 0.328 e. The Morgan fingerprint density at radius 1 is 0.807 bits per heavy atom. The Kier molecular flexibility index (Phi) is 36.2. The second-order valence-corrected chi connectivity index (χ2v) is 23.4. The number of nitrogens with one attached hydrogen (secondary N) is 4. The number of aryl methyl sites for hydroxylation is 1. The topological polar surface area (TPSA) is 341 Å². The molecular weight excluding hydrogens is 1290 g/mol. The molecule has 1 saturated heterocycles. The van der Waals surface area contributed by atoms with Crippen molar-refractivity contribution in [3.8, 4) is 0 Å². The van der Waals surface area contributed by atoms with Crippen molar-refractivity contribution in [2.45, 2.75) is 161 Å². The molecule has 5 amide bonds. The van der Waals surface area contributed by atoms with Crippen LogP contribution in [0.3, 0.4) is 0 Å². The van der Waals surface area contributed by atoms with Gasteiger partial charge >= 0.3 is 17.9 Å². The minimum absolute atomic E-state index is 0.00508. The van der Waals surface area contributed by atoms with Gasteiger partial charge in [-0.25, -0.2) is 14.7 Å². The lowest BCUT2D eigenvalue weighted by molar-refractivity contribution is -0.194. The number of esters is 3. The van der Waals surface area contributed by atoms with Crippen molar-refractivity contribution in [2.75, 3.05) is 78.0 Å². The van der Waals surface area contributed by atoms with Gasteiger partial charge in [-0.15, -0.1) is 11.8 Å². The van der Waals surface area contributed by atoms with Gasteiger partial charge in [0.25, 0.3) is 11.5 Å². The van der Waals surface area contributed by atoms with E-state index in [4.69, 9.17) is 38.0 Å². The van der Waals surface area contributed by atoms with Gasteiger partial charge in [0.1, 0.15) is 49.9 Å². The quantitative estimate of drug-likeness (QED) is 0.0101. The maximum atomic E-state index is 14.5. The van der Waals surface area contributed by atoms with Crippen molar-refractivity contribution in [3.63, 3.8) is 0 Å². The van der Waals surface area contributed by atoms with Crippen molar-refractivity contribution in [2.24, 2.45) is 18.9 Å². The molecule has 0 radical (unpaired) electrons. The maximum Gasteiger partial charge on any atom is 0.328 e. The average molecular weight is 1380 g/mol. The number of hydrogen-bond donors (Lipinski definition) is 6. The SMILES string of the molecule is CCC(=O)C1CCC(CN2C(=O)CC(SCCNC(=O)CCCC(=O)OCC(OC)OC(CC)CO)C2=O)CC1.CCC(CO)OC(COC(=O)CCCC(=O)N[C@@H](C)C(=O)OCCONC(=O)c1cc(C)c(=O)n(C)c1Nc1ccc(I)cc1F)OC. The van der Waals surface area contributed by atoms with E-state index in [0.717, 1.165) is 25.7 Å². The van der Waals surface area contributed by atoms with Crippen LogP contribution in [0.4, 0.5) is 15.9 Å². The number of carbonyl (C=O) groups is 9. The average Bonchev–Trinajstić information content (AvgIpc) is 2.26. The fraction of sp³-hybridized carbons (Fsp3) is 0.661. The third kappa shape index (κ3) is 27.2. The van der Waals surface area contributed by atoms with Crippen LogP contribution in [0.2, 0.25) is 0 Å². The molecule has 1 aromatic carbocycles. The first-order valence-corrected chi connectivity index (χ1v) is 31.6. The summed E-state index contributed by atoms with van der Waals surface area (Å²) >= 11 is 3.33. The number of amides is 5. The minimum Gasteiger partial charge on any atom is -0.462 e. The highest BCUT2D eigenvalue weighted by molar-refractivity contribution is 14.1. The van der Waals surface area contributed by atoms with Gasteiger partial charge in [0.05, 0.1) is 41.9 Å². The molecule has 1 aliphatic carbocycles. The summed E-state index contributed by atoms with van der Waals surface area (Å²) in [6.45, 7) is 8.18. The Bertz CT molecular complexity index is 2660. The number of aliphatic hydroxyl groups excluding tert-OH is 2. The molecule has 2 heterocycles. The first-order valence-electron chi connectivity index (χ1n) is 29.5. The molecule has 1 aliphatic heterocycles. The number of likely N-dealkylation sites (tertiary alicyclic amines) is 1. The Balaban J connectivity index is 0.000000468. The van der Waals surface area contributed by atoms with Crippen LogP contribution in [-0.2, 0) is 83.4 Å². The van der Waals surface area contributed by atoms with E-state index in [9.17, 15) is 62.5 Å². The zero-order chi connectivity index (χ0) is 65.3. The highest BCUT2D eigenvalue weighted by Gasteiger charge is 2.40. The molecule has 494 valence electrons. The van der Waals surface area contributed by atoms with E-state index in [1.807, 2.05) is 43.4 Å². The van der Waals surface area contributed by atoms with E-state index in [0.29, 0.717) is 53.9 Å². The molecule has 2 fully saturated rings. The van der Waals surface area contributed by atoms with Crippen molar-refractivity contribution in [1.29, 1.82) is 0 Å². The molecule has 6 atom stereocenters. The number of nitrogens with zero attached hydrogens (tertiary/aromatic N) is 2. The number of halogens is 2. The van der Waals surface area contributed by atoms with Crippen LogP contribution >= 0.6 is 34.4 Å². The second-order valence-electron chi connectivity index (χ2n) is 20.8. The van der Waals surface area contributed by atoms with Crippen LogP contribution in [0.25, 0.3) is 0 Å². The van der Waals surface area contributed by atoms with Gasteiger partial charge in [-0.05, 0) is 118 Å². The number of rotatable bonds is 39. The Labute approximate surface area is 530 Å². The second kappa shape index (κ2) is 41.6. The van der Waals surface area contributed by atoms with Crippen molar-refractivity contribution in [3.05, 3.63) is 55.1 Å². The number of hydrogen-bond acceptors (Lipinski definition) is 22. The summed E-state index contributed by atoms with van der Waals surface area (Å²) in [6.07, 6.45) is 3.44. The number of imide groups is 1. The number of pyridine rings is 1. The van der Waals surface area contributed by atoms with Gasteiger partial charge in [0.15, 0.2) is 12.6 Å². The summed E-state index contributed by atoms with van der Waals surface area (Å²) in [7, 11) is 4.24. The van der Waals surface area contributed by atoms with Gasteiger partial charge in [-0.1, -0.05) is 20.8 Å². The van der Waals surface area contributed by atoms with E-state index in [1.54, 1.807) is 6.07 Å².